The Hall–Kier alpha value is -2.50. The zero-order valence-electron chi connectivity index (χ0n) is 11.6. The van der Waals surface area contributed by atoms with Crippen LogP contribution in [0.1, 0.15) is 24.4 Å². The molecule has 6 nitrogen and oxygen atoms in total. The van der Waals surface area contributed by atoms with Gasteiger partial charge in [0.15, 0.2) is 5.78 Å². The summed E-state index contributed by atoms with van der Waals surface area (Å²) in [5.41, 5.74) is 2.02. The topological polar surface area (TPSA) is 76.9 Å². The van der Waals surface area contributed by atoms with E-state index >= 15 is 0 Å². The summed E-state index contributed by atoms with van der Waals surface area (Å²) in [5, 5.41) is 10.9. The number of para-hydroxylation sites is 1. The number of carbonyl (C=O) groups excluding carboxylic acids is 2. The summed E-state index contributed by atoms with van der Waals surface area (Å²) >= 11 is 0. The third-order valence-corrected chi connectivity index (χ3v) is 2.93. The minimum atomic E-state index is -1.05. The molecule has 0 spiro atoms. The second kappa shape index (κ2) is 5.64. The van der Waals surface area contributed by atoms with Crippen LogP contribution < -0.4 is 5.32 Å². The van der Waals surface area contributed by atoms with E-state index in [1.165, 1.54) is 11.7 Å². The summed E-state index contributed by atoms with van der Waals surface area (Å²) in [4.78, 5) is 25.1. The molecular weight excluding hydrogens is 256 g/mol. The smallest absolute Gasteiger partial charge is 0.258 e. The number of anilines is 1. The molecule has 0 saturated heterocycles. The molecule has 6 heteroatoms. The van der Waals surface area contributed by atoms with Gasteiger partial charge in [0.05, 0.1) is 11.4 Å². The first kappa shape index (κ1) is 13.9. The lowest BCUT2D eigenvalue weighted by molar-refractivity contribution is -0.129. The summed E-state index contributed by atoms with van der Waals surface area (Å²) in [7, 11) is 0. The highest BCUT2D eigenvalue weighted by atomic mass is 16.2. The predicted molar refractivity (Wildman–Crippen MR) is 74.3 cm³/mol. The molecule has 0 aliphatic rings. The summed E-state index contributed by atoms with van der Waals surface area (Å²) in [5.74, 6) is -0.757. The van der Waals surface area contributed by atoms with Gasteiger partial charge in [0.2, 0.25) is 6.04 Å². The molecule has 0 saturated carbocycles. The maximum atomic E-state index is 12.2. The Morgan fingerprint density at radius 1 is 1.10 bits per heavy atom. The van der Waals surface area contributed by atoms with Gasteiger partial charge in [-0.1, -0.05) is 18.2 Å². The zero-order chi connectivity index (χ0) is 14.7. The van der Waals surface area contributed by atoms with Crippen LogP contribution in [-0.4, -0.2) is 26.7 Å². The number of carbonyl (C=O) groups is 2. The van der Waals surface area contributed by atoms with E-state index in [1.807, 2.05) is 6.07 Å². The lowest BCUT2D eigenvalue weighted by atomic mass is 10.2. The van der Waals surface area contributed by atoms with Gasteiger partial charge in [0, 0.05) is 5.69 Å². The molecular formula is C14H16N4O2. The van der Waals surface area contributed by atoms with Gasteiger partial charge in [-0.15, -0.1) is 0 Å². The number of amides is 1. The molecule has 0 fully saturated rings. The van der Waals surface area contributed by atoms with Crippen LogP contribution in [0.15, 0.2) is 30.3 Å². The standard InChI is InChI=1S/C14H16N4O2/c1-9-10(2)17-18(16-9)13(11(3)19)14(20)15-12-7-5-4-6-8-12/h4-8,13H,1-3H3,(H,15,20). The molecule has 104 valence electrons. The molecule has 1 unspecified atom stereocenters. The normalized spacial score (nSPS) is 11.9. The Morgan fingerprint density at radius 2 is 1.65 bits per heavy atom. The number of rotatable bonds is 4. The highest BCUT2D eigenvalue weighted by Crippen LogP contribution is 2.13. The van der Waals surface area contributed by atoms with Gasteiger partial charge in [-0.3, -0.25) is 9.59 Å². The van der Waals surface area contributed by atoms with Crippen molar-refractivity contribution in [3.8, 4) is 0 Å². The van der Waals surface area contributed by atoms with Crippen LogP contribution in [-0.2, 0) is 9.59 Å². The third-order valence-electron chi connectivity index (χ3n) is 2.93. The van der Waals surface area contributed by atoms with Gasteiger partial charge < -0.3 is 5.32 Å². The van der Waals surface area contributed by atoms with E-state index in [4.69, 9.17) is 0 Å². The first-order valence-electron chi connectivity index (χ1n) is 6.25. The predicted octanol–water partition coefficient (Wildman–Crippen LogP) is 1.66. The minimum Gasteiger partial charge on any atom is -0.324 e. The van der Waals surface area contributed by atoms with Gasteiger partial charge in [-0.2, -0.15) is 15.0 Å². The highest BCUT2D eigenvalue weighted by Gasteiger charge is 2.28. The lowest BCUT2D eigenvalue weighted by Gasteiger charge is -2.13. The number of hydrogen-bond acceptors (Lipinski definition) is 4. The van der Waals surface area contributed by atoms with Gasteiger partial charge in [0.1, 0.15) is 0 Å². The number of nitrogens with zero attached hydrogens (tertiary/aromatic N) is 3. The van der Waals surface area contributed by atoms with E-state index in [0.717, 1.165) is 0 Å². The summed E-state index contributed by atoms with van der Waals surface area (Å²) in [6.45, 7) is 4.92. The number of benzene rings is 1. The monoisotopic (exact) mass is 272 g/mol. The molecule has 2 rings (SSSR count). The molecule has 20 heavy (non-hydrogen) atoms. The zero-order valence-corrected chi connectivity index (χ0v) is 11.6. The molecule has 1 amide bonds. The number of aromatic nitrogens is 3. The van der Waals surface area contributed by atoms with Crippen LogP contribution in [0.2, 0.25) is 0 Å². The summed E-state index contributed by atoms with van der Waals surface area (Å²) in [6, 6.07) is 7.91. The Kier molecular flexibility index (Phi) is 3.93. The second-order valence-corrected chi connectivity index (χ2v) is 4.56. The number of ketones is 1. The van der Waals surface area contributed by atoms with Crippen molar-refractivity contribution in [1.29, 1.82) is 0 Å². The van der Waals surface area contributed by atoms with Crippen LogP contribution in [0.3, 0.4) is 0 Å². The van der Waals surface area contributed by atoms with Crippen molar-refractivity contribution in [2.45, 2.75) is 26.8 Å². The molecule has 1 heterocycles. The van der Waals surface area contributed by atoms with E-state index in [2.05, 4.69) is 15.5 Å². The average Bonchev–Trinajstić information content (AvgIpc) is 2.69. The Labute approximate surface area is 116 Å². The minimum absolute atomic E-state index is 0.312. The number of aryl methyl sites for hydroxylation is 2. The van der Waals surface area contributed by atoms with Crippen LogP contribution in [0.25, 0.3) is 0 Å². The maximum absolute atomic E-state index is 12.2. The van der Waals surface area contributed by atoms with Gasteiger partial charge in [-0.05, 0) is 32.9 Å². The fourth-order valence-electron chi connectivity index (χ4n) is 1.77. The lowest BCUT2D eigenvalue weighted by Crippen LogP contribution is -2.32. The SMILES string of the molecule is CC(=O)C(C(=O)Nc1ccccc1)n1nc(C)c(C)n1. The third kappa shape index (κ3) is 2.90. The summed E-state index contributed by atoms with van der Waals surface area (Å²) in [6.07, 6.45) is 0. The first-order valence-corrected chi connectivity index (χ1v) is 6.25. The van der Waals surface area contributed by atoms with Gasteiger partial charge in [0.25, 0.3) is 5.91 Å². The quantitative estimate of drug-likeness (QED) is 0.859. The van der Waals surface area contributed by atoms with E-state index in [-0.39, 0.29) is 5.78 Å². The van der Waals surface area contributed by atoms with Crippen molar-refractivity contribution in [1.82, 2.24) is 15.0 Å². The van der Waals surface area contributed by atoms with Crippen LogP contribution in [0.5, 0.6) is 0 Å². The largest absolute Gasteiger partial charge is 0.324 e. The Bertz CT molecular complexity index is 614. The van der Waals surface area contributed by atoms with E-state index in [1.54, 1.807) is 38.1 Å². The number of hydrogen-bond donors (Lipinski definition) is 1. The Balaban J connectivity index is 2.25. The molecule has 1 atom stereocenters. The van der Waals surface area contributed by atoms with Crippen molar-refractivity contribution < 1.29 is 9.59 Å². The second-order valence-electron chi connectivity index (χ2n) is 4.56. The van der Waals surface area contributed by atoms with Crippen LogP contribution in [0.4, 0.5) is 5.69 Å². The van der Waals surface area contributed by atoms with Crippen molar-refractivity contribution in [2.75, 3.05) is 5.32 Å². The molecule has 0 bridgehead atoms. The van der Waals surface area contributed by atoms with Crippen molar-refractivity contribution >= 4 is 17.4 Å². The van der Waals surface area contributed by atoms with E-state index in [9.17, 15) is 9.59 Å². The van der Waals surface area contributed by atoms with Crippen LogP contribution >= 0.6 is 0 Å². The fraction of sp³-hybridized carbons (Fsp3) is 0.286. The molecule has 0 aliphatic heterocycles. The average molecular weight is 272 g/mol. The first-order chi connectivity index (χ1) is 9.49. The molecule has 2 aromatic rings. The molecule has 1 aromatic carbocycles. The van der Waals surface area contributed by atoms with Crippen LogP contribution in [0, 0.1) is 13.8 Å². The van der Waals surface area contributed by atoms with Gasteiger partial charge in [-0.25, -0.2) is 0 Å². The van der Waals surface area contributed by atoms with Crippen molar-refractivity contribution in [2.24, 2.45) is 0 Å². The fourth-order valence-corrected chi connectivity index (χ4v) is 1.77. The Morgan fingerprint density at radius 3 is 2.15 bits per heavy atom. The number of nitrogens with one attached hydrogen (secondary N) is 1. The molecule has 0 radical (unpaired) electrons. The van der Waals surface area contributed by atoms with Crippen molar-refractivity contribution in [3.63, 3.8) is 0 Å². The van der Waals surface area contributed by atoms with Gasteiger partial charge >= 0.3 is 0 Å². The molecule has 0 aliphatic carbocycles. The highest BCUT2D eigenvalue weighted by molar-refractivity contribution is 6.08. The number of Topliss-reactive ketones (excluding diaryl/α,β-unsaturated/α-hetero) is 1. The van der Waals surface area contributed by atoms with E-state index in [0.29, 0.717) is 17.1 Å². The maximum Gasteiger partial charge on any atom is 0.258 e. The van der Waals surface area contributed by atoms with E-state index < -0.39 is 11.9 Å². The summed E-state index contributed by atoms with van der Waals surface area (Å²) < 4.78 is 0. The molecule has 1 N–H and O–H groups in total. The van der Waals surface area contributed by atoms with Crippen molar-refractivity contribution in [3.05, 3.63) is 41.7 Å². The molecule has 1 aromatic heterocycles.